The highest BCUT2D eigenvalue weighted by molar-refractivity contribution is 6.10. The molecular weight excluding hydrogens is 527 g/mol. The van der Waals surface area contributed by atoms with Gasteiger partial charge in [-0.2, -0.15) is 0 Å². The molecule has 5 aromatic rings. The second kappa shape index (κ2) is 11.6. The molecule has 10 heteroatoms. The first kappa shape index (κ1) is 27.6. The fourth-order valence-corrected chi connectivity index (χ4v) is 4.46. The van der Waals surface area contributed by atoms with Gasteiger partial charge >= 0.3 is 0 Å². The Morgan fingerprint density at radius 2 is 1.78 bits per heavy atom. The zero-order valence-electron chi connectivity index (χ0n) is 22.9. The van der Waals surface area contributed by atoms with Crippen molar-refractivity contribution in [1.82, 2.24) is 15.5 Å². The van der Waals surface area contributed by atoms with Crippen LogP contribution in [0.4, 0.5) is 4.39 Å². The average Bonchev–Trinajstić information content (AvgIpc) is 3.53. The molecule has 0 saturated heterocycles. The van der Waals surface area contributed by atoms with Crippen molar-refractivity contribution < 1.29 is 27.6 Å². The largest absolute Gasteiger partial charge is 0.484 e. The normalized spacial score (nSPS) is 11.2. The summed E-state index contributed by atoms with van der Waals surface area (Å²) in [6.45, 7) is 6.31. The lowest BCUT2D eigenvalue weighted by molar-refractivity contribution is 0.0947. The predicted molar refractivity (Wildman–Crippen MR) is 150 cm³/mol. The lowest BCUT2D eigenvalue weighted by Gasteiger charge is -2.12. The third-order valence-electron chi connectivity index (χ3n) is 6.34. The Morgan fingerprint density at radius 3 is 2.46 bits per heavy atom. The highest BCUT2D eigenvalue weighted by Crippen LogP contribution is 2.34. The van der Waals surface area contributed by atoms with Crippen LogP contribution in [-0.2, 0) is 13.0 Å². The molecule has 41 heavy (non-hydrogen) atoms. The molecule has 0 radical (unpaired) electrons. The first-order valence-electron chi connectivity index (χ1n) is 13.1. The van der Waals surface area contributed by atoms with Crippen molar-refractivity contribution in [2.45, 2.75) is 33.8 Å². The van der Waals surface area contributed by atoms with E-state index >= 15 is 0 Å². The number of primary amides is 1. The topological polar surface area (TPSA) is 133 Å². The number of carbonyl (C=O) groups is 2. The van der Waals surface area contributed by atoms with E-state index in [1.54, 1.807) is 25.1 Å². The van der Waals surface area contributed by atoms with Crippen LogP contribution in [-0.4, -0.2) is 28.6 Å². The third-order valence-corrected chi connectivity index (χ3v) is 6.34. The molecule has 0 fully saturated rings. The van der Waals surface area contributed by atoms with Crippen molar-refractivity contribution in [3.63, 3.8) is 0 Å². The van der Waals surface area contributed by atoms with Crippen molar-refractivity contribution in [2.75, 3.05) is 6.54 Å². The van der Waals surface area contributed by atoms with Gasteiger partial charge in [-0.15, -0.1) is 10.2 Å². The molecule has 0 aliphatic heterocycles. The number of aryl methyl sites for hydroxylation is 1. The number of ether oxygens (including phenoxy) is 1. The number of nitrogens with two attached hydrogens (primary N) is 1. The molecule has 0 bridgehead atoms. The minimum Gasteiger partial charge on any atom is -0.484 e. The van der Waals surface area contributed by atoms with E-state index in [2.05, 4.69) is 15.5 Å². The van der Waals surface area contributed by atoms with Gasteiger partial charge in [0, 0.05) is 30.0 Å². The Hall–Kier alpha value is -4.99. The van der Waals surface area contributed by atoms with Crippen LogP contribution in [0.15, 0.2) is 69.5 Å². The maximum Gasteiger partial charge on any atom is 0.253 e. The molecule has 2 aromatic heterocycles. The fraction of sp³-hybridized carbons (Fsp3) is 0.226. The van der Waals surface area contributed by atoms with E-state index < -0.39 is 11.7 Å². The lowest BCUT2D eigenvalue weighted by atomic mass is 9.99. The SMILES string of the molecule is Cc1nnc(COc2cc(Cc3ccc4oc(-c5ccc(F)cc5)c(C(N)=O)c4c3)cc(C(=O)NCC(C)C)c2)o1. The molecule has 0 aliphatic rings. The smallest absolute Gasteiger partial charge is 0.253 e. The van der Waals surface area contributed by atoms with Gasteiger partial charge in [-0.3, -0.25) is 9.59 Å². The molecule has 0 unspecified atom stereocenters. The molecule has 9 nitrogen and oxygen atoms in total. The summed E-state index contributed by atoms with van der Waals surface area (Å²) in [5, 5.41) is 11.2. The number of rotatable bonds is 10. The maximum absolute atomic E-state index is 13.5. The van der Waals surface area contributed by atoms with Crippen molar-refractivity contribution >= 4 is 22.8 Å². The minimum absolute atomic E-state index is 0.0481. The number of hydrogen-bond acceptors (Lipinski definition) is 7. The first-order chi connectivity index (χ1) is 19.7. The van der Waals surface area contributed by atoms with Crippen LogP contribution < -0.4 is 15.8 Å². The zero-order valence-corrected chi connectivity index (χ0v) is 22.9. The van der Waals surface area contributed by atoms with Crippen LogP contribution in [0.5, 0.6) is 5.75 Å². The number of furan rings is 1. The number of halogens is 1. The van der Waals surface area contributed by atoms with Crippen LogP contribution in [0.1, 0.15) is 57.5 Å². The van der Waals surface area contributed by atoms with E-state index in [4.69, 9.17) is 19.3 Å². The van der Waals surface area contributed by atoms with Gasteiger partial charge in [0.1, 0.15) is 22.9 Å². The van der Waals surface area contributed by atoms with Gasteiger partial charge in [-0.05, 0) is 78.1 Å². The molecule has 0 saturated carbocycles. The van der Waals surface area contributed by atoms with Crippen LogP contribution >= 0.6 is 0 Å². The Bertz CT molecular complexity index is 1720. The summed E-state index contributed by atoms with van der Waals surface area (Å²) in [7, 11) is 0. The quantitative estimate of drug-likeness (QED) is 0.229. The monoisotopic (exact) mass is 556 g/mol. The summed E-state index contributed by atoms with van der Waals surface area (Å²) in [5.74, 6) is 0.510. The lowest BCUT2D eigenvalue weighted by Crippen LogP contribution is -2.27. The van der Waals surface area contributed by atoms with Gasteiger partial charge in [0.25, 0.3) is 17.7 Å². The third kappa shape index (κ3) is 6.43. The van der Waals surface area contributed by atoms with Crippen molar-refractivity contribution in [2.24, 2.45) is 11.7 Å². The van der Waals surface area contributed by atoms with Gasteiger partial charge in [0.05, 0.1) is 5.56 Å². The number of aromatic nitrogens is 2. The molecule has 210 valence electrons. The molecule has 2 amide bonds. The van der Waals surface area contributed by atoms with Crippen LogP contribution in [0, 0.1) is 18.7 Å². The van der Waals surface area contributed by atoms with Gasteiger partial charge in [-0.25, -0.2) is 4.39 Å². The van der Waals surface area contributed by atoms with Gasteiger partial charge in [0.2, 0.25) is 5.89 Å². The van der Waals surface area contributed by atoms with Crippen molar-refractivity contribution in [1.29, 1.82) is 0 Å². The van der Waals surface area contributed by atoms with E-state index in [1.165, 1.54) is 24.3 Å². The second-order valence-electron chi connectivity index (χ2n) is 10.2. The first-order valence-corrected chi connectivity index (χ1v) is 13.1. The highest BCUT2D eigenvalue weighted by atomic mass is 19.1. The van der Waals surface area contributed by atoms with Crippen molar-refractivity contribution in [3.8, 4) is 17.1 Å². The van der Waals surface area contributed by atoms with E-state index in [0.717, 1.165) is 11.1 Å². The van der Waals surface area contributed by atoms with Crippen LogP contribution in [0.2, 0.25) is 0 Å². The molecule has 2 heterocycles. The zero-order chi connectivity index (χ0) is 29.1. The second-order valence-corrected chi connectivity index (χ2v) is 10.2. The maximum atomic E-state index is 13.5. The standard InChI is InChI=1S/C31H29FN4O5/c1-17(2)15-34-31(38)22-11-20(12-24(14-22)39-16-27-36-35-18(3)40-27)10-19-4-9-26-25(13-19)28(30(33)37)29(41-26)21-5-7-23(32)8-6-21/h4-9,11-14,17H,10,15-16H2,1-3H3,(H2,33,37)(H,34,38). The van der Waals surface area contributed by atoms with E-state index in [0.29, 0.717) is 58.5 Å². The number of hydrogen-bond donors (Lipinski definition) is 2. The number of carbonyl (C=O) groups excluding carboxylic acids is 2. The molecular formula is C31H29FN4O5. The van der Waals surface area contributed by atoms with Gasteiger partial charge in [0.15, 0.2) is 6.61 Å². The Morgan fingerprint density at radius 1 is 1.00 bits per heavy atom. The molecule has 0 spiro atoms. The predicted octanol–water partition coefficient (Wildman–Crippen LogP) is 5.58. The average molecular weight is 557 g/mol. The van der Waals surface area contributed by atoms with Gasteiger partial charge in [-0.1, -0.05) is 19.9 Å². The highest BCUT2D eigenvalue weighted by Gasteiger charge is 2.21. The van der Waals surface area contributed by atoms with Crippen molar-refractivity contribution in [3.05, 3.63) is 101 Å². The van der Waals surface area contributed by atoms with Crippen LogP contribution in [0.3, 0.4) is 0 Å². The summed E-state index contributed by atoms with van der Waals surface area (Å²) in [4.78, 5) is 25.4. The van der Waals surface area contributed by atoms with Crippen LogP contribution in [0.25, 0.3) is 22.3 Å². The molecule has 0 atom stereocenters. The van der Waals surface area contributed by atoms with E-state index in [9.17, 15) is 14.0 Å². The summed E-state index contributed by atoms with van der Waals surface area (Å²) < 4.78 is 30.7. The minimum atomic E-state index is -0.656. The van der Waals surface area contributed by atoms with Gasteiger partial charge < -0.3 is 24.6 Å². The Labute approximate surface area is 235 Å². The molecule has 0 aliphatic carbocycles. The number of nitrogens with zero attached hydrogens (tertiary/aromatic N) is 2. The Kier molecular flexibility index (Phi) is 7.82. The molecule has 3 aromatic carbocycles. The van der Waals surface area contributed by atoms with E-state index in [-0.39, 0.29) is 23.8 Å². The number of amides is 2. The number of nitrogens with one attached hydrogen (secondary N) is 1. The molecule has 3 N–H and O–H groups in total. The summed E-state index contributed by atoms with van der Waals surface area (Å²) >= 11 is 0. The fourth-order valence-electron chi connectivity index (χ4n) is 4.46. The summed E-state index contributed by atoms with van der Waals surface area (Å²) in [6, 6.07) is 16.4. The number of fused-ring (bicyclic) bond motifs is 1. The molecule has 5 rings (SSSR count). The number of benzene rings is 3. The Balaban J connectivity index is 1.48. The summed E-state index contributed by atoms with van der Waals surface area (Å²) in [5.41, 5.74) is 9.08. The van der Waals surface area contributed by atoms with E-state index in [1.807, 2.05) is 32.0 Å². The summed E-state index contributed by atoms with van der Waals surface area (Å²) in [6.07, 6.45) is 0.423.